The fraction of sp³-hybridized carbons (Fsp3) is 0.167. The average molecular weight is 488 g/mol. The van der Waals surface area contributed by atoms with Crippen LogP contribution in [-0.2, 0) is 26.0 Å². The molecule has 0 aliphatic rings. The molecule has 0 unspecified atom stereocenters. The molecule has 178 valence electrons. The van der Waals surface area contributed by atoms with E-state index in [0.29, 0.717) is 0 Å². The number of esters is 1. The van der Waals surface area contributed by atoms with E-state index in [-0.39, 0.29) is 12.4 Å². The standard InChI is InChI=1S/C30H28FO3S/c1-22-14-16-23(17-15-22)30(2,3)34-29(32)21-33-28-20-26(18-19-27(28)31)35(24-10-6-4-7-11-24)25-12-8-5-9-13-25/h4-20H,21H2,1-3H3/q+1. The van der Waals surface area contributed by atoms with Gasteiger partial charge < -0.3 is 9.47 Å². The summed E-state index contributed by atoms with van der Waals surface area (Å²) in [5.41, 5.74) is 1.17. The van der Waals surface area contributed by atoms with Gasteiger partial charge in [-0.3, -0.25) is 0 Å². The largest absolute Gasteiger partial charge is 0.479 e. The lowest BCUT2D eigenvalue weighted by Gasteiger charge is -2.25. The average Bonchev–Trinajstić information content (AvgIpc) is 2.86. The van der Waals surface area contributed by atoms with E-state index in [2.05, 4.69) is 24.3 Å². The Morgan fingerprint density at radius 3 is 1.94 bits per heavy atom. The highest BCUT2D eigenvalue weighted by molar-refractivity contribution is 7.97. The van der Waals surface area contributed by atoms with E-state index in [1.54, 1.807) is 12.1 Å². The molecular weight excluding hydrogens is 459 g/mol. The lowest BCUT2D eigenvalue weighted by atomic mass is 9.97. The summed E-state index contributed by atoms with van der Waals surface area (Å²) in [4.78, 5) is 15.7. The van der Waals surface area contributed by atoms with Crippen LogP contribution in [0.4, 0.5) is 4.39 Å². The lowest BCUT2D eigenvalue weighted by Crippen LogP contribution is -2.28. The van der Waals surface area contributed by atoms with Crippen molar-refractivity contribution in [3.8, 4) is 5.75 Å². The summed E-state index contributed by atoms with van der Waals surface area (Å²) in [7, 11) is -0.453. The highest BCUT2D eigenvalue weighted by Gasteiger charge is 2.30. The van der Waals surface area contributed by atoms with Gasteiger partial charge in [-0.2, -0.15) is 0 Å². The molecule has 0 heterocycles. The molecule has 0 bridgehead atoms. The van der Waals surface area contributed by atoms with Crippen LogP contribution in [0.5, 0.6) is 5.75 Å². The summed E-state index contributed by atoms with van der Waals surface area (Å²) in [6, 6.07) is 32.8. The second-order valence-corrected chi connectivity index (χ2v) is 10.7. The first-order chi connectivity index (χ1) is 16.8. The van der Waals surface area contributed by atoms with Gasteiger partial charge in [0.15, 0.2) is 32.9 Å². The van der Waals surface area contributed by atoms with Crippen LogP contribution in [-0.4, -0.2) is 12.6 Å². The molecule has 0 aromatic heterocycles. The molecule has 3 nitrogen and oxygen atoms in total. The number of hydrogen-bond donors (Lipinski definition) is 0. The fourth-order valence-electron chi connectivity index (χ4n) is 3.71. The van der Waals surface area contributed by atoms with Gasteiger partial charge in [-0.05, 0) is 62.7 Å². The first kappa shape index (κ1) is 24.6. The van der Waals surface area contributed by atoms with E-state index in [1.807, 2.05) is 81.4 Å². The van der Waals surface area contributed by atoms with Crippen LogP contribution in [0, 0.1) is 12.7 Å². The van der Waals surface area contributed by atoms with Crippen LogP contribution in [0.3, 0.4) is 0 Å². The van der Waals surface area contributed by atoms with E-state index in [9.17, 15) is 9.18 Å². The molecule has 0 radical (unpaired) electrons. The van der Waals surface area contributed by atoms with Crippen LogP contribution < -0.4 is 4.74 Å². The molecule has 0 N–H and O–H groups in total. The SMILES string of the molecule is Cc1ccc(C(C)(C)OC(=O)COc2cc([S+](c3ccccc3)c3ccccc3)ccc2F)cc1. The van der Waals surface area contributed by atoms with Gasteiger partial charge >= 0.3 is 5.97 Å². The van der Waals surface area contributed by atoms with Crippen LogP contribution in [0.2, 0.25) is 0 Å². The Hall–Kier alpha value is -3.57. The Morgan fingerprint density at radius 1 is 0.800 bits per heavy atom. The Balaban J connectivity index is 1.53. The monoisotopic (exact) mass is 487 g/mol. The molecule has 0 amide bonds. The molecule has 0 atom stereocenters. The lowest BCUT2D eigenvalue weighted by molar-refractivity contribution is -0.159. The van der Waals surface area contributed by atoms with Crippen molar-refractivity contribution < 1.29 is 18.7 Å². The molecule has 4 aromatic rings. The second kappa shape index (κ2) is 10.8. The third-order valence-corrected chi connectivity index (χ3v) is 7.77. The predicted octanol–water partition coefficient (Wildman–Crippen LogP) is 7.09. The van der Waals surface area contributed by atoms with E-state index < -0.39 is 28.3 Å². The maximum atomic E-state index is 14.7. The Bertz CT molecular complexity index is 1230. The number of halogens is 1. The van der Waals surface area contributed by atoms with Gasteiger partial charge in [-0.25, -0.2) is 9.18 Å². The van der Waals surface area contributed by atoms with Crippen molar-refractivity contribution in [1.29, 1.82) is 0 Å². The van der Waals surface area contributed by atoms with Gasteiger partial charge in [0, 0.05) is 6.07 Å². The van der Waals surface area contributed by atoms with E-state index in [4.69, 9.17) is 9.47 Å². The van der Waals surface area contributed by atoms with E-state index in [0.717, 1.165) is 25.8 Å². The summed E-state index contributed by atoms with van der Waals surface area (Å²) >= 11 is 0. The second-order valence-electron chi connectivity index (χ2n) is 8.66. The first-order valence-corrected chi connectivity index (χ1v) is 12.6. The molecule has 0 spiro atoms. The maximum Gasteiger partial charge on any atom is 0.345 e. The maximum absolute atomic E-state index is 14.7. The van der Waals surface area contributed by atoms with Gasteiger partial charge in [0.25, 0.3) is 0 Å². The molecule has 0 aliphatic carbocycles. The Morgan fingerprint density at radius 2 is 1.37 bits per heavy atom. The number of ether oxygens (including phenoxy) is 2. The van der Waals surface area contributed by atoms with Crippen LogP contribution in [0.1, 0.15) is 25.0 Å². The summed E-state index contributed by atoms with van der Waals surface area (Å²) < 4.78 is 25.9. The van der Waals surface area contributed by atoms with Crippen molar-refractivity contribution in [3.05, 3.63) is 120 Å². The number of carbonyl (C=O) groups is 1. The normalized spacial score (nSPS) is 11.3. The van der Waals surface area contributed by atoms with Crippen molar-refractivity contribution >= 4 is 16.9 Å². The third-order valence-electron chi connectivity index (χ3n) is 5.56. The van der Waals surface area contributed by atoms with Gasteiger partial charge in [-0.1, -0.05) is 66.2 Å². The smallest absolute Gasteiger partial charge is 0.345 e. The van der Waals surface area contributed by atoms with Crippen molar-refractivity contribution in [1.82, 2.24) is 0 Å². The molecule has 4 aromatic carbocycles. The van der Waals surface area contributed by atoms with Crippen molar-refractivity contribution in [2.24, 2.45) is 0 Å². The number of rotatable bonds is 8. The third kappa shape index (κ3) is 6.11. The van der Waals surface area contributed by atoms with Crippen molar-refractivity contribution in [2.45, 2.75) is 41.1 Å². The van der Waals surface area contributed by atoms with Crippen molar-refractivity contribution in [3.63, 3.8) is 0 Å². The summed E-state index contributed by atoms with van der Waals surface area (Å²) in [5.74, 6) is -1.06. The molecule has 0 fully saturated rings. The van der Waals surface area contributed by atoms with Gasteiger partial charge in [0.2, 0.25) is 0 Å². The van der Waals surface area contributed by atoms with Crippen molar-refractivity contribution in [2.75, 3.05) is 6.61 Å². The minimum atomic E-state index is -0.832. The molecule has 0 saturated heterocycles. The molecular formula is C30H28FO3S+. The molecule has 5 heteroatoms. The highest BCUT2D eigenvalue weighted by Crippen LogP contribution is 2.34. The summed E-state index contributed by atoms with van der Waals surface area (Å²) in [6.07, 6.45) is 0. The zero-order valence-corrected chi connectivity index (χ0v) is 20.8. The van der Waals surface area contributed by atoms with Crippen LogP contribution >= 0.6 is 0 Å². The van der Waals surface area contributed by atoms with E-state index in [1.165, 1.54) is 6.07 Å². The number of benzene rings is 4. The number of aryl methyl sites for hydroxylation is 1. The topological polar surface area (TPSA) is 35.5 Å². The van der Waals surface area contributed by atoms with E-state index >= 15 is 0 Å². The predicted molar refractivity (Wildman–Crippen MR) is 137 cm³/mol. The minimum absolute atomic E-state index is 0.0250. The van der Waals surface area contributed by atoms with Gasteiger partial charge in [0.1, 0.15) is 5.60 Å². The molecule has 0 aliphatic heterocycles. The Labute approximate surface area is 208 Å². The highest BCUT2D eigenvalue weighted by atomic mass is 32.2. The Kier molecular flexibility index (Phi) is 7.57. The quantitative estimate of drug-likeness (QED) is 0.197. The summed E-state index contributed by atoms with van der Waals surface area (Å²) in [5, 5.41) is 0. The van der Waals surface area contributed by atoms with Crippen LogP contribution in [0.15, 0.2) is 118 Å². The van der Waals surface area contributed by atoms with Gasteiger partial charge in [-0.15, -0.1) is 0 Å². The molecule has 4 rings (SSSR count). The number of carbonyl (C=O) groups excluding carboxylic acids is 1. The zero-order valence-electron chi connectivity index (χ0n) is 20.0. The fourth-order valence-corrected chi connectivity index (χ4v) is 5.81. The summed E-state index contributed by atoms with van der Waals surface area (Å²) in [6.45, 7) is 5.25. The molecule has 35 heavy (non-hydrogen) atoms. The zero-order chi connectivity index (χ0) is 24.8. The minimum Gasteiger partial charge on any atom is -0.479 e. The first-order valence-electron chi connectivity index (χ1n) is 11.4. The number of hydrogen-bond acceptors (Lipinski definition) is 3. The van der Waals surface area contributed by atoms with Gasteiger partial charge in [0.05, 0.1) is 10.9 Å². The molecule has 0 saturated carbocycles. The van der Waals surface area contributed by atoms with Crippen LogP contribution in [0.25, 0.3) is 0 Å².